The first-order chi connectivity index (χ1) is 20.2. The van der Waals surface area contributed by atoms with E-state index in [0.717, 1.165) is 36.1 Å². The van der Waals surface area contributed by atoms with E-state index in [0.29, 0.717) is 28.8 Å². The Morgan fingerprint density at radius 1 is 1.12 bits per heavy atom. The Labute approximate surface area is 245 Å². The van der Waals surface area contributed by atoms with Gasteiger partial charge in [-0.2, -0.15) is 13.2 Å². The largest absolute Gasteiger partial charge is 0.410 e. The molecule has 3 fully saturated rings. The molecule has 2 saturated carbocycles. The number of carbonyl (C=O) groups excluding carboxylic acids is 3. The Bertz CT molecular complexity index is 1430. The van der Waals surface area contributed by atoms with Gasteiger partial charge in [0.1, 0.15) is 17.8 Å². The average Bonchev–Trinajstić information content (AvgIpc) is 3.81. The van der Waals surface area contributed by atoms with E-state index >= 15 is 0 Å². The summed E-state index contributed by atoms with van der Waals surface area (Å²) in [5.41, 5.74) is -0.636. The molecule has 2 unspecified atom stereocenters. The molecule has 1 aliphatic heterocycles. The molecule has 1 aromatic carbocycles. The van der Waals surface area contributed by atoms with E-state index < -0.39 is 47.9 Å². The van der Waals surface area contributed by atoms with E-state index in [4.69, 9.17) is 0 Å². The number of amides is 4. The van der Waals surface area contributed by atoms with Crippen molar-refractivity contribution in [1.29, 1.82) is 0 Å². The van der Waals surface area contributed by atoms with Crippen LogP contribution in [0.4, 0.5) is 23.7 Å². The van der Waals surface area contributed by atoms with Gasteiger partial charge in [-0.25, -0.2) is 9.42 Å². The molecule has 14 heteroatoms. The lowest BCUT2D eigenvalue weighted by Gasteiger charge is -2.46. The number of rotatable bonds is 9. The monoisotopic (exact) mass is 604 g/mol. The lowest BCUT2D eigenvalue weighted by Crippen LogP contribution is -2.63. The number of carbonyl (C=O) groups is 3. The van der Waals surface area contributed by atoms with Gasteiger partial charge in [0, 0.05) is 5.69 Å². The third-order valence-electron chi connectivity index (χ3n) is 9.55. The van der Waals surface area contributed by atoms with Crippen LogP contribution in [-0.2, 0) is 17.6 Å². The van der Waals surface area contributed by atoms with Crippen molar-refractivity contribution in [3.63, 3.8) is 0 Å². The number of hydrogen-bond donors (Lipinski definition) is 4. The van der Waals surface area contributed by atoms with E-state index in [1.54, 1.807) is 25.1 Å². The van der Waals surface area contributed by atoms with Gasteiger partial charge < -0.3 is 26.0 Å². The fraction of sp³-hybridized carbons (Fsp3) is 0.621. The van der Waals surface area contributed by atoms with Crippen LogP contribution < -0.4 is 16.0 Å². The number of benzene rings is 1. The lowest BCUT2D eigenvalue weighted by atomic mass is 9.78. The highest BCUT2D eigenvalue weighted by molar-refractivity contribution is 6.01. The zero-order valence-electron chi connectivity index (χ0n) is 24.1. The molecule has 11 nitrogen and oxygen atoms in total. The van der Waals surface area contributed by atoms with Gasteiger partial charge in [-0.1, -0.05) is 11.2 Å². The predicted molar refractivity (Wildman–Crippen MR) is 146 cm³/mol. The van der Waals surface area contributed by atoms with Gasteiger partial charge in [-0.05, 0) is 105 Å². The first-order valence-corrected chi connectivity index (χ1v) is 14.6. The van der Waals surface area contributed by atoms with Gasteiger partial charge >= 0.3 is 12.2 Å². The molecule has 0 bridgehead atoms. The Balaban J connectivity index is 1.24. The van der Waals surface area contributed by atoms with E-state index in [2.05, 4.69) is 25.6 Å². The molecule has 4 amide bonds. The predicted octanol–water partition coefficient (Wildman–Crippen LogP) is 3.12. The van der Waals surface area contributed by atoms with Crippen molar-refractivity contribution in [2.24, 2.45) is 17.8 Å². The van der Waals surface area contributed by atoms with Gasteiger partial charge in [-0.3, -0.25) is 9.59 Å². The molecule has 2 aromatic rings. The number of alkyl halides is 3. The van der Waals surface area contributed by atoms with Gasteiger partial charge in [0.25, 0.3) is 5.91 Å². The Hall–Kier alpha value is -3.68. The van der Waals surface area contributed by atoms with Crippen molar-refractivity contribution in [1.82, 2.24) is 25.8 Å². The SMILES string of the molecule is Cc1nonc1C(=O)N[C@H](C(=O)Nc1ccc2c(c1)CC(N1CC(C(F)(F)F)NC1=O)(C(C)(C)O)C2)C(C1CC1)C1CC1. The molecular weight excluding hydrogens is 569 g/mol. The summed E-state index contributed by atoms with van der Waals surface area (Å²) in [4.78, 5) is 40.7. The minimum absolute atomic E-state index is 0.0161. The molecule has 6 rings (SSSR count). The first-order valence-electron chi connectivity index (χ1n) is 14.6. The maximum atomic E-state index is 13.8. The second-order valence-electron chi connectivity index (χ2n) is 13.0. The van der Waals surface area contributed by atoms with Crippen LogP contribution in [0.25, 0.3) is 0 Å². The Morgan fingerprint density at radius 3 is 2.30 bits per heavy atom. The van der Waals surface area contributed by atoms with E-state index in [9.17, 15) is 32.7 Å². The Kier molecular flexibility index (Phi) is 6.98. The van der Waals surface area contributed by atoms with Crippen molar-refractivity contribution in [3.05, 3.63) is 40.7 Å². The number of aryl methyl sites for hydroxylation is 1. The van der Waals surface area contributed by atoms with Gasteiger partial charge in [-0.15, -0.1) is 0 Å². The topological polar surface area (TPSA) is 150 Å². The molecular formula is C29H35F3N6O5. The highest BCUT2D eigenvalue weighted by Crippen LogP contribution is 2.51. The van der Waals surface area contributed by atoms with Crippen LogP contribution in [0.15, 0.2) is 22.8 Å². The van der Waals surface area contributed by atoms with E-state index in [-0.39, 0.29) is 30.4 Å². The standard InChI is InChI=1S/C29H35F3N6O5/c1-14-22(37-43-36-14)24(39)35-23(21(15-4-5-15)16-6-7-16)25(40)33-19-9-8-17-11-28(27(2,3)42,12-18(17)10-19)38-13-20(29(30,31)32)34-26(38)41/h8-10,15-16,20-21,23,42H,4-7,11-13H2,1-3H3,(H,33,40)(H,34,41)(H,35,39)/t20?,23-,28?/m0/s1. The zero-order valence-corrected chi connectivity index (χ0v) is 24.1. The normalized spacial score (nSPS) is 24.6. The highest BCUT2D eigenvalue weighted by Gasteiger charge is 2.59. The quantitative estimate of drug-likeness (QED) is 0.344. The maximum Gasteiger partial charge on any atom is 0.410 e. The van der Waals surface area contributed by atoms with Gasteiger partial charge in [0.15, 0.2) is 5.69 Å². The van der Waals surface area contributed by atoms with Crippen LogP contribution in [0.2, 0.25) is 0 Å². The molecule has 0 radical (unpaired) electrons. The third kappa shape index (κ3) is 5.45. The van der Waals surface area contributed by atoms with E-state index in [1.165, 1.54) is 13.8 Å². The summed E-state index contributed by atoms with van der Waals surface area (Å²) in [5, 5.41) is 26.4. The summed E-state index contributed by atoms with van der Waals surface area (Å²) in [7, 11) is 0. The van der Waals surface area contributed by atoms with E-state index in [1.807, 2.05) is 5.32 Å². The van der Waals surface area contributed by atoms with Crippen LogP contribution in [0, 0.1) is 24.7 Å². The summed E-state index contributed by atoms with van der Waals surface area (Å²) in [6, 6.07) is 1.43. The first kappa shape index (κ1) is 29.4. The van der Waals surface area contributed by atoms with Crippen LogP contribution >= 0.6 is 0 Å². The minimum Gasteiger partial charge on any atom is -0.388 e. The second-order valence-corrected chi connectivity index (χ2v) is 13.0. The number of halogens is 3. The summed E-state index contributed by atoms with van der Waals surface area (Å²) in [6.45, 7) is 3.96. The third-order valence-corrected chi connectivity index (χ3v) is 9.55. The number of aliphatic hydroxyl groups is 1. The minimum atomic E-state index is -4.62. The van der Waals surface area contributed by atoms with Gasteiger partial charge in [0.2, 0.25) is 5.91 Å². The molecule has 232 valence electrons. The Morgan fingerprint density at radius 2 is 1.77 bits per heavy atom. The van der Waals surface area contributed by atoms with Crippen LogP contribution in [-0.4, -0.2) is 74.1 Å². The molecule has 3 aliphatic carbocycles. The van der Waals surface area contributed by atoms with Crippen LogP contribution in [0.3, 0.4) is 0 Å². The summed E-state index contributed by atoms with van der Waals surface area (Å²) in [5.74, 6) is -0.295. The van der Waals surface area contributed by atoms with Crippen LogP contribution in [0.1, 0.15) is 66.8 Å². The number of nitrogens with zero attached hydrogens (tertiary/aromatic N) is 3. The highest BCUT2D eigenvalue weighted by atomic mass is 19.4. The van der Waals surface area contributed by atoms with Crippen molar-refractivity contribution in [2.45, 2.75) is 88.7 Å². The molecule has 4 N–H and O–H groups in total. The fourth-order valence-electron chi connectivity index (χ4n) is 6.87. The second kappa shape index (κ2) is 10.2. The summed E-state index contributed by atoms with van der Waals surface area (Å²) < 4.78 is 45.1. The average molecular weight is 605 g/mol. The lowest BCUT2D eigenvalue weighted by molar-refractivity contribution is -0.153. The maximum absolute atomic E-state index is 13.8. The number of hydrogen-bond acceptors (Lipinski definition) is 7. The zero-order chi connectivity index (χ0) is 30.9. The molecule has 43 heavy (non-hydrogen) atoms. The van der Waals surface area contributed by atoms with Crippen molar-refractivity contribution < 1.29 is 37.3 Å². The fourth-order valence-corrected chi connectivity index (χ4v) is 6.87. The molecule has 3 atom stereocenters. The van der Waals surface area contributed by atoms with Gasteiger partial charge in [0.05, 0.1) is 17.7 Å². The molecule has 4 aliphatic rings. The number of fused-ring (bicyclic) bond motifs is 1. The van der Waals surface area contributed by atoms with Crippen molar-refractivity contribution >= 4 is 23.5 Å². The van der Waals surface area contributed by atoms with Crippen LogP contribution in [0.5, 0.6) is 0 Å². The summed E-state index contributed by atoms with van der Waals surface area (Å²) >= 11 is 0. The number of urea groups is 1. The summed E-state index contributed by atoms with van der Waals surface area (Å²) in [6.07, 6.45) is -0.427. The number of aromatic nitrogens is 2. The molecule has 0 spiro atoms. The number of anilines is 1. The van der Waals surface area contributed by atoms with Crippen molar-refractivity contribution in [3.8, 4) is 0 Å². The molecule has 2 heterocycles. The number of nitrogens with one attached hydrogen (secondary N) is 3. The molecule has 1 saturated heterocycles. The van der Waals surface area contributed by atoms with Crippen molar-refractivity contribution in [2.75, 3.05) is 11.9 Å². The molecule has 1 aromatic heterocycles. The smallest absolute Gasteiger partial charge is 0.388 e.